The van der Waals surface area contributed by atoms with Gasteiger partial charge < -0.3 is 19.3 Å². The van der Waals surface area contributed by atoms with Gasteiger partial charge in [-0.2, -0.15) is 4.98 Å². The number of rotatable bonds is 7. The molecule has 10 heteroatoms. The molecular formula is C18H25N5O4S. The minimum atomic E-state index is -3.86. The van der Waals surface area contributed by atoms with Crippen molar-refractivity contribution in [3.63, 3.8) is 0 Å². The second-order valence-corrected chi connectivity index (χ2v) is 8.30. The summed E-state index contributed by atoms with van der Waals surface area (Å²) in [5.41, 5.74) is 0.308. The number of hydrogen-bond acceptors (Lipinski definition) is 8. The third kappa shape index (κ3) is 4.06. The summed E-state index contributed by atoms with van der Waals surface area (Å²) in [4.78, 5) is 12.8. The molecule has 1 N–H and O–H groups in total. The van der Waals surface area contributed by atoms with E-state index >= 15 is 0 Å². The average Bonchev–Trinajstić information content (AvgIpc) is 3.22. The van der Waals surface area contributed by atoms with Gasteiger partial charge in [0.1, 0.15) is 5.69 Å². The Balaban J connectivity index is 1.93. The van der Waals surface area contributed by atoms with Gasteiger partial charge in [0.05, 0.1) is 25.3 Å². The lowest BCUT2D eigenvalue weighted by Crippen LogP contribution is -2.24. The fourth-order valence-corrected chi connectivity index (χ4v) is 4.09. The lowest BCUT2D eigenvalue weighted by atomic mass is 10.3. The molecule has 0 unspecified atom stereocenters. The van der Waals surface area contributed by atoms with Gasteiger partial charge in [-0.1, -0.05) is 0 Å². The number of sulfonamides is 1. The van der Waals surface area contributed by atoms with Crippen molar-refractivity contribution in [1.29, 1.82) is 0 Å². The van der Waals surface area contributed by atoms with Crippen molar-refractivity contribution in [1.82, 2.24) is 9.97 Å². The lowest BCUT2D eigenvalue weighted by Gasteiger charge is -2.21. The Bertz CT molecular complexity index is 943. The number of nitrogens with one attached hydrogen (secondary N) is 1. The fraction of sp³-hybridized carbons (Fsp3) is 0.444. The van der Waals surface area contributed by atoms with E-state index in [9.17, 15) is 8.42 Å². The van der Waals surface area contributed by atoms with Gasteiger partial charge in [-0.05, 0) is 25.0 Å². The molecule has 1 saturated heterocycles. The molecule has 2 heterocycles. The molecule has 2 aromatic rings. The quantitative estimate of drug-likeness (QED) is 0.744. The second-order valence-electron chi connectivity index (χ2n) is 6.62. The number of aromatic nitrogens is 2. The van der Waals surface area contributed by atoms with Crippen molar-refractivity contribution in [2.24, 2.45) is 0 Å². The molecule has 0 bridgehead atoms. The molecule has 0 radical (unpaired) electrons. The van der Waals surface area contributed by atoms with Crippen LogP contribution in [0.3, 0.4) is 0 Å². The van der Waals surface area contributed by atoms with Crippen molar-refractivity contribution in [3.05, 3.63) is 24.4 Å². The first-order valence-corrected chi connectivity index (χ1v) is 10.4. The predicted molar refractivity (Wildman–Crippen MR) is 108 cm³/mol. The van der Waals surface area contributed by atoms with Crippen LogP contribution in [0.1, 0.15) is 12.8 Å². The van der Waals surface area contributed by atoms with Crippen molar-refractivity contribution in [2.45, 2.75) is 17.7 Å². The van der Waals surface area contributed by atoms with Crippen molar-refractivity contribution in [3.8, 4) is 11.5 Å². The SMILES string of the molecule is COc1ccc(S(=O)(=O)Nc2cnc(N3CCCC3)nc2N(C)C)cc1OC. The zero-order valence-corrected chi connectivity index (χ0v) is 17.3. The molecule has 1 fully saturated rings. The molecular weight excluding hydrogens is 382 g/mol. The van der Waals surface area contributed by atoms with Crippen LogP contribution in [0.2, 0.25) is 0 Å². The average molecular weight is 407 g/mol. The number of hydrogen-bond donors (Lipinski definition) is 1. The maximum absolute atomic E-state index is 12.9. The maximum atomic E-state index is 12.9. The van der Waals surface area contributed by atoms with Crippen LogP contribution in [-0.2, 0) is 10.0 Å². The molecule has 0 amide bonds. The summed E-state index contributed by atoms with van der Waals surface area (Å²) in [6, 6.07) is 4.42. The van der Waals surface area contributed by atoms with Gasteiger partial charge in [-0.15, -0.1) is 0 Å². The van der Waals surface area contributed by atoms with E-state index in [1.807, 2.05) is 14.1 Å². The minimum Gasteiger partial charge on any atom is -0.493 e. The summed E-state index contributed by atoms with van der Waals surface area (Å²) in [6.07, 6.45) is 3.72. The topological polar surface area (TPSA) is 96.9 Å². The van der Waals surface area contributed by atoms with Crippen LogP contribution in [-0.4, -0.2) is 59.8 Å². The molecule has 152 valence electrons. The summed E-state index contributed by atoms with van der Waals surface area (Å²) in [5.74, 6) is 1.89. The van der Waals surface area contributed by atoms with Crippen LogP contribution in [0.4, 0.5) is 17.5 Å². The van der Waals surface area contributed by atoms with Crippen LogP contribution in [0, 0.1) is 0 Å². The monoisotopic (exact) mass is 407 g/mol. The van der Waals surface area contributed by atoms with Gasteiger partial charge >= 0.3 is 0 Å². The van der Waals surface area contributed by atoms with Crippen LogP contribution in [0.15, 0.2) is 29.3 Å². The van der Waals surface area contributed by atoms with Gasteiger partial charge in [0, 0.05) is 33.3 Å². The molecule has 0 saturated carbocycles. The standard InChI is InChI=1S/C18H25N5O4S/c1-22(2)17-14(12-19-18(20-17)23-9-5-6-10-23)21-28(24,25)13-7-8-15(26-3)16(11-13)27-4/h7-8,11-12,21H,5-6,9-10H2,1-4H3. The highest BCUT2D eigenvalue weighted by Crippen LogP contribution is 2.32. The van der Waals surface area contributed by atoms with E-state index in [2.05, 4.69) is 19.6 Å². The minimum absolute atomic E-state index is 0.0541. The Hall–Kier alpha value is -2.75. The van der Waals surface area contributed by atoms with Gasteiger partial charge in [-0.25, -0.2) is 13.4 Å². The Morgan fingerprint density at radius 1 is 1.11 bits per heavy atom. The van der Waals surface area contributed by atoms with E-state index in [1.54, 1.807) is 11.0 Å². The summed E-state index contributed by atoms with van der Waals surface area (Å²) in [5, 5.41) is 0. The molecule has 1 aromatic carbocycles. The van der Waals surface area contributed by atoms with Crippen LogP contribution in [0.5, 0.6) is 11.5 Å². The maximum Gasteiger partial charge on any atom is 0.262 e. The molecule has 3 rings (SSSR count). The number of anilines is 3. The largest absolute Gasteiger partial charge is 0.493 e. The first-order chi connectivity index (χ1) is 13.4. The Morgan fingerprint density at radius 3 is 2.39 bits per heavy atom. The fourth-order valence-electron chi connectivity index (χ4n) is 3.03. The molecule has 0 atom stereocenters. The molecule has 1 aromatic heterocycles. The van der Waals surface area contributed by atoms with E-state index in [0.717, 1.165) is 25.9 Å². The number of nitrogens with zero attached hydrogens (tertiary/aromatic N) is 4. The number of methoxy groups -OCH3 is 2. The van der Waals surface area contributed by atoms with E-state index < -0.39 is 10.0 Å². The van der Waals surface area contributed by atoms with E-state index in [4.69, 9.17) is 9.47 Å². The highest BCUT2D eigenvalue weighted by Gasteiger charge is 2.22. The Morgan fingerprint density at radius 2 is 1.79 bits per heavy atom. The molecule has 0 aliphatic carbocycles. The van der Waals surface area contributed by atoms with E-state index in [-0.39, 0.29) is 4.90 Å². The van der Waals surface area contributed by atoms with Crippen LogP contribution >= 0.6 is 0 Å². The highest BCUT2D eigenvalue weighted by molar-refractivity contribution is 7.92. The number of ether oxygens (including phenoxy) is 2. The summed E-state index contributed by atoms with van der Waals surface area (Å²) in [7, 11) is 2.70. The molecule has 28 heavy (non-hydrogen) atoms. The van der Waals surface area contributed by atoms with E-state index in [1.165, 1.54) is 32.5 Å². The molecule has 1 aliphatic heterocycles. The van der Waals surface area contributed by atoms with Crippen LogP contribution < -0.4 is 24.0 Å². The van der Waals surface area contributed by atoms with Crippen LogP contribution in [0.25, 0.3) is 0 Å². The van der Waals surface area contributed by atoms with Crippen molar-refractivity contribution in [2.75, 3.05) is 55.9 Å². The van der Waals surface area contributed by atoms with Gasteiger partial charge in [0.25, 0.3) is 10.0 Å². The Kier molecular flexibility index (Phi) is 5.78. The van der Waals surface area contributed by atoms with Gasteiger partial charge in [0.15, 0.2) is 17.3 Å². The Labute approximate surface area is 165 Å². The first kappa shape index (κ1) is 20.0. The van der Waals surface area contributed by atoms with Crippen molar-refractivity contribution >= 4 is 27.5 Å². The summed E-state index contributed by atoms with van der Waals surface area (Å²) < 4.78 is 38.7. The first-order valence-electron chi connectivity index (χ1n) is 8.90. The van der Waals surface area contributed by atoms with E-state index in [0.29, 0.717) is 29.0 Å². The number of benzene rings is 1. The smallest absolute Gasteiger partial charge is 0.262 e. The van der Waals surface area contributed by atoms with Crippen molar-refractivity contribution < 1.29 is 17.9 Å². The lowest BCUT2D eigenvalue weighted by molar-refractivity contribution is 0.354. The normalized spacial score (nSPS) is 14.1. The van der Waals surface area contributed by atoms with Gasteiger partial charge in [-0.3, -0.25) is 4.72 Å². The second kappa shape index (κ2) is 8.09. The predicted octanol–water partition coefficient (Wildman–Crippen LogP) is 1.96. The molecule has 1 aliphatic rings. The third-order valence-electron chi connectivity index (χ3n) is 4.48. The third-order valence-corrected chi connectivity index (χ3v) is 5.84. The zero-order valence-electron chi connectivity index (χ0n) is 16.5. The molecule has 0 spiro atoms. The zero-order chi connectivity index (χ0) is 20.3. The summed E-state index contributed by atoms with van der Waals surface area (Å²) >= 11 is 0. The summed E-state index contributed by atoms with van der Waals surface area (Å²) in [6.45, 7) is 1.81. The highest BCUT2D eigenvalue weighted by atomic mass is 32.2. The van der Waals surface area contributed by atoms with Gasteiger partial charge in [0.2, 0.25) is 5.95 Å². The molecule has 9 nitrogen and oxygen atoms in total.